The molecule has 138 valence electrons. The van der Waals surface area contributed by atoms with Crippen LogP contribution in [0.1, 0.15) is 22.6 Å². The minimum absolute atomic E-state index is 0.0632. The number of hydrogen-bond donors (Lipinski definition) is 2. The zero-order chi connectivity index (χ0) is 19.3. The molecule has 0 saturated carbocycles. The van der Waals surface area contributed by atoms with Gasteiger partial charge in [-0.15, -0.1) is 0 Å². The van der Waals surface area contributed by atoms with Gasteiger partial charge in [0.1, 0.15) is 0 Å². The normalized spacial score (nSPS) is 13.5. The molecule has 0 aliphatic carbocycles. The fraction of sp³-hybridized carbons (Fsp3) is 0.158. The molecule has 0 aliphatic rings. The van der Waals surface area contributed by atoms with Crippen LogP contribution in [0.2, 0.25) is 10.0 Å². The van der Waals surface area contributed by atoms with Gasteiger partial charge in [-0.25, -0.2) is 0 Å². The first-order chi connectivity index (χ1) is 12.2. The smallest absolute Gasteiger partial charge is 0.399 e. The molecule has 26 heavy (non-hydrogen) atoms. The number of nitrogens with one attached hydrogen (secondary N) is 1. The first-order valence-corrected chi connectivity index (χ1v) is 8.41. The number of nitrogens with two attached hydrogens (primary N) is 1. The van der Waals surface area contributed by atoms with E-state index in [0.717, 1.165) is 11.8 Å². The molecule has 1 unspecified atom stereocenters. The maximum Gasteiger partial charge on any atom is 0.399 e. The topological polar surface area (TPSA) is 38.0 Å². The lowest BCUT2D eigenvalue weighted by molar-refractivity contribution is -0.139. The minimum Gasteiger partial charge on any atom is -0.403 e. The van der Waals surface area contributed by atoms with E-state index in [-0.39, 0.29) is 15.6 Å². The average Bonchev–Trinajstić information content (AvgIpc) is 2.57. The Kier molecular flexibility index (Phi) is 6.62. The van der Waals surface area contributed by atoms with Gasteiger partial charge in [0.2, 0.25) is 0 Å². The maximum atomic E-state index is 13.6. The number of alkyl halides is 3. The molecule has 2 aromatic rings. The van der Waals surface area contributed by atoms with Gasteiger partial charge in [-0.2, -0.15) is 13.2 Å². The fourth-order valence-corrected chi connectivity index (χ4v) is 2.92. The van der Waals surface area contributed by atoms with Crippen LogP contribution in [0.15, 0.2) is 54.9 Å². The van der Waals surface area contributed by atoms with Gasteiger partial charge in [0.05, 0.1) is 5.92 Å². The van der Waals surface area contributed by atoms with E-state index in [1.54, 1.807) is 37.4 Å². The molecule has 3 N–H and O–H groups in total. The van der Waals surface area contributed by atoms with Gasteiger partial charge in [-0.3, -0.25) is 0 Å². The molecular weight excluding hydrogens is 384 g/mol. The zero-order valence-electron chi connectivity index (χ0n) is 13.8. The summed E-state index contributed by atoms with van der Waals surface area (Å²) in [6, 6.07) is 9.65. The van der Waals surface area contributed by atoms with E-state index in [2.05, 4.69) is 5.32 Å². The predicted octanol–water partition coefficient (Wildman–Crippen LogP) is 6.50. The molecular formula is C19H17Cl2F3N2. The lowest BCUT2D eigenvalue weighted by Crippen LogP contribution is -2.19. The third kappa shape index (κ3) is 5.19. The summed E-state index contributed by atoms with van der Waals surface area (Å²) in [6.45, 7) is 1.62. The van der Waals surface area contributed by atoms with Gasteiger partial charge in [0, 0.05) is 28.1 Å². The van der Waals surface area contributed by atoms with Crippen LogP contribution >= 0.6 is 23.2 Å². The average molecular weight is 401 g/mol. The third-order valence-electron chi connectivity index (χ3n) is 3.67. The summed E-state index contributed by atoms with van der Waals surface area (Å²) in [4.78, 5) is 0. The molecule has 2 nitrogen and oxygen atoms in total. The zero-order valence-corrected chi connectivity index (χ0v) is 15.3. The van der Waals surface area contributed by atoms with Gasteiger partial charge < -0.3 is 11.1 Å². The highest BCUT2D eigenvalue weighted by Crippen LogP contribution is 2.41. The van der Waals surface area contributed by atoms with E-state index in [4.69, 9.17) is 28.9 Å². The van der Waals surface area contributed by atoms with Crippen molar-refractivity contribution < 1.29 is 13.2 Å². The van der Waals surface area contributed by atoms with Crippen molar-refractivity contribution in [3.05, 3.63) is 81.6 Å². The Bertz CT molecular complexity index is 813. The van der Waals surface area contributed by atoms with Crippen molar-refractivity contribution in [2.45, 2.75) is 19.0 Å². The second kappa shape index (κ2) is 8.52. The second-order valence-electron chi connectivity index (χ2n) is 5.63. The number of benzene rings is 2. The summed E-state index contributed by atoms with van der Waals surface area (Å²) in [5.74, 6) is -1.86. The fourth-order valence-electron chi connectivity index (χ4n) is 2.41. The van der Waals surface area contributed by atoms with Crippen molar-refractivity contribution in [2.24, 2.45) is 5.73 Å². The number of halogens is 5. The largest absolute Gasteiger partial charge is 0.403 e. The highest BCUT2D eigenvalue weighted by molar-refractivity contribution is 6.34. The molecule has 2 aromatic carbocycles. The summed E-state index contributed by atoms with van der Waals surface area (Å²) < 4.78 is 40.7. The molecule has 1 atom stereocenters. The first-order valence-electron chi connectivity index (χ1n) is 7.66. The van der Waals surface area contributed by atoms with Crippen LogP contribution in [-0.2, 0) is 0 Å². The Morgan fingerprint density at radius 3 is 2.35 bits per heavy atom. The monoisotopic (exact) mass is 400 g/mol. The molecule has 0 aliphatic heterocycles. The number of anilines is 1. The quantitative estimate of drug-likeness (QED) is 0.600. The number of allylic oxidation sites excluding steroid dienone is 1. The molecule has 0 saturated heterocycles. The highest BCUT2D eigenvalue weighted by Gasteiger charge is 2.40. The molecule has 0 spiro atoms. The van der Waals surface area contributed by atoms with Crippen molar-refractivity contribution in [1.29, 1.82) is 0 Å². The van der Waals surface area contributed by atoms with E-state index < -0.39 is 12.1 Å². The van der Waals surface area contributed by atoms with Crippen LogP contribution in [0.5, 0.6) is 0 Å². The SMILES string of the molecule is Cc1cc(Cl)cc(C(/C=C/c2ccc(N/C=C/N)cc2)C(F)(F)F)c1Cl. The second-order valence-corrected chi connectivity index (χ2v) is 6.44. The standard InChI is InChI=1S/C19H17Cl2F3N2/c1-12-10-14(20)11-16(18(12)21)17(19(22,23)24)7-4-13-2-5-15(6-3-13)26-9-8-25/h2-11,17,26H,25H2,1H3/b7-4+,9-8+. The van der Waals surface area contributed by atoms with E-state index in [1.165, 1.54) is 24.4 Å². The van der Waals surface area contributed by atoms with Crippen LogP contribution in [-0.4, -0.2) is 6.18 Å². The Hall–Kier alpha value is -2.11. The van der Waals surface area contributed by atoms with Crippen molar-refractivity contribution in [3.8, 4) is 0 Å². The summed E-state index contributed by atoms with van der Waals surface area (Å²) in [6.07, 6.45) is 0.892. The van der Waals surface area contributed by atoms with Crippen LogP contribution < -0.4 is 11.1 Å². The molecule has 0 fully saturated rings. The Morgan fingerprint density at radius 1 is 1.12 bits per heavy atom. The highest BCUT2D eigenvalue weighted by atomic mass is 35.5. The number of hydrogen-bond acceptors (Lipinski definition) is 2. The first kappa shape index (κ1) is 20.2. The van der Waals surface area contributed by atoms with Crippen LogP contribution in [0.25, 0.3) is 6.08 Å². The molecule has 7 heteroatoms. The van der Waals surface area contributed by atoms with Gasteiger partial charge >= 0.3 is 6.18 Å². The van der Waals surface area contributed by atoms with E-state index in [9.17, 15) is 13.2 Å². The van der Waals surface area contributed by atoms with Crippen molar-refractivity contribution >= 4 is 35.0 Å². The Labute approximate surface area is 160 Å². The van der Waals surface area contributed by atoms with Crippen molar-refractivity contribution in [2.75, 3.05) is 5.32 Å². The maximum absolute atomic E-state index is 13.6. The van der Waals surface area contributed by atoms with Crippen LogP contribution in [0.3, 0.4) is 0 Å². The Morgan fingerprint density at radius 2 is 1.77 bits per heavy atom. The summed E-state index contributed by atoms with van der Waals surface area (Å²) in [5, 5.41) is 3.19. The van der Waals surface area contributed by atoms with Crippen LogP contribution in [0, 0.1) is 6.92 Å². The molecule has 2 rings (SSSR count). The lowest BCUT2D eigenvalue weighted by Gasteiger charge is -2.20. The minimum atomic E-state index is -4.50. The van der Waals surface area contributed by atoms with Gasteiger partial charge in [-0.1, -0.05) is 47.5 Å². The summed E-state index contributed by atoms with van der Waals surface area (Å²) in [5.41, 5.74) is 7.06. The van der Waals surface area contributed by atoms with Gasteiger partial charge in [0.15, 0.2) is 0 Å². The van der Waals surface area contributed by atoms with E-state index in [1.807, 2.05) is 0 Å². The summed E-state index contributed by atoms with van der Waals surface area (Å²) >= 11 is 12.0. The molecule has 0 heterocycles. The number of rotatable bonds is 5. The molecule has 0 aromatic heterocycles. The van der Waals surface area contributed by atoms with E-state index in [0.29, 0.717) is 11.1 Å². The lowest BCUT2D eigenvalue weighted by atomic mass is 9.95. The summed E-state index contributed by atoms with van der Waals surface area (Å²) in [7, 11) is 0. The van der Waals surface area contributed by atoms with E-state index >= 15 is 0 Å². The third-order valence-corrected chi connectivity index (χ3v) is 4.41. The molecule has 0 bridgehead atoms. The molecule has 0 amide bonds. The van der Waals surface area contributed by atoms with Crippen molar-refractivity contribution in [3.63, 3.8) is 0 Å². The molecule has 0 radical (unpaired) electrons. The van der Waals surface area contributed by atoms with Crippen molar-refractivity contribution in [1.82, 2.24) is 0 Å². The number of aryl methyl sites for hydroxylation is 1. The van der Waals surface area contributed by atoms with Gasteiger partial charge in [-0.05, 0) is 47.9 Å². The Balaban J connectivity index is 2.33. The van der Waals surface area contributed by atoms with Gasteiger partial charge in [0.25, 0.3) is 0 Å². The predicted molar refractivity (Wildman–Crippen MR) is 102 cm³/mol. The van der Waals surface area contributed by atoms with Crippen LogP contribution in [0.4, 0.5) is 18.9 Å².